The molecule has 1 rings (SSSR count). The predicted octanol–water partition coefficient (Wildman–Crippen LogP) is 3.20. The van der Waals surface area contributed by atoms with Gasteiger partial charge in [-0.2, -0.15) is 0 Å². The van der Waals surface area contributed by atoms with Crippen LogP contribution < -0.4 is 0 Å². The summed E-state index contributed by atoms with van der Waals surface area (Å²) in [7, 11) is 0. The molecule has 1 aliphatic carbocycles. The molecule has 0 fully saturated rings. The van der Waals surface area contributed by atoms with Crippen molar-refractivity contribution in [2.45, 2.75) is 32.6 Å². The Hall–Kier alpha value is -0.260. The van der Waals surface area contributed by atoms with Crippen molar-refractivity contribution in [1.29, 1.82) is 0 Å². The van der Waals surface area contributed by atoms with Gasteiger partial charge in [0.2, 0.25) is 0 Å². The molecule has 0 nitrogen and oxygen atoms in total. The molecular weight excluding hydrogens is 120 g/mol. The van der Waals surface area contributed by atoms with Gasteiger partial charge in [-0.15, -0.1) is 0 Å². The smallest absolute Gasteiger partial charge is 0.0325 e. The van der Waals surface area contributed by atoms with E-state index in [0.717, 1.165) is 5.92 Å². The molecule has 0 saturated carbocycles. The second-order valence-electron chi connectivity index (χ2n) is 3.49. The normalized spacial score (nSPS) is 38.2. The van der Waals surface area contributed by atoms with E-state index in [1.807, 2.05) is 0 Å². The van der Waals surface area contributed by atoms with E-state index < -0.39 is 0 Å². The Kier molecular flexibility index (Phi) is 2.98. The third-order valence-electron chi connectivity index (χ3n) is 2.18. The predicted molar refractivity (Wildman–Crippen MR) is 45.6 cm³/mol. The zero-order chi connectivity index (χ0) is 7.40. The summed E-state index contributed by atoms with van der Waals surface area (Å²) in [4.78, 5) is 0. The molecule has 0 aliphatic heterocycles. The minimum Gasteiger partial charge on any atom is -0.0885 e. The summed E-state index contributed by atoms with van der Waals surface area (Å²) in [6, 6.07) is 0. The van der Waals surface area contributed by atoms with Crippen LogP contribution in [0.2, 0.25) is 0 Å². The van der Waals surface area contributed by atoms with Crippen molar-refractivity contribution in [2.75, 3.05) is 0 Å². The van der Waals surface area contributed by atoms with Crippen molar-refractivity contribution >= 4 is 0 Å². The molecule has 0 aromatic heterocycles. The van der Waals surface area contributed by atoms with Crippen molar-refractivity contribution in [3.8, 4) is 0 Å². The van der Waals surface area contributed by atoms with Gasteiger partial charge in [0.15, 0.2) is 0 Å². The van der Waals surface area contributed by atoms with Crippen molar-refractivity contribution < 1.29 is 0 Å². The molecule has 2 unspecified atom stereocenters. The molecule has 0 bridgehead atoms. The molecule has 57 valence electrons. The lowest BCUT2D eigenvalue weighted by Crippen LogP contribution is -2.04. The molecule has 2 atom stereocenters. The lowest BCUT2D eigenvalue weighted by Gasteiger charge is -2.17. The zero-order valence-corrected chi connectivity index (χ0v) is 6.84. The van der Waals surface area contributed by atoms with E-state index in [9.17, 15) is 0 Å². The maximum Gasteiger partial charge on any atom is -0.0325 e. The lowest BCUT2D eigenvalue weighted by atomic mass is 9.89. The Morgan fingerprint density at radius 3 is 3.00 bits per heavy atom. The molecule has 1 radical (unpaired) electrons. The van der Waals surface area contributed by atoms with E-state index in [-0.39, 0.29) is 0 Å². The number of hydrogen-bond acceptors (Lipinski definition) is 0. The molecule has 0 heterocycles. The maximum absolute atomic E-state index is 4.12. The van der Waals surface area contributed by atoms with E-state index in [1.54, 1.807) is 0 Å². The molecule has 0 heteroatoms. The van der Waals surface area contributed by atoms with Gasteiger partial charge in [0.25, 0.3) is 0 Å². The van der Waals surface area contributed by atoms with E-state index in [2.05, 4.69) is 26.0 Å². The van der Waals surface area contributed by atoms with Gasteiger partial charge >= 0.3 is 0 Å². The fourth-order valence-corrected chi connectivity index (χ4v) is 1.56. The van der Waals surface area contributed by atoms with Gasteiger partial charge in [-0.05, 0) is 37.5 Å². The maximum atomic E-state index is 4.12. The van der Waals surface area contributed by atoms with E-state index in [0.29, 0.717) is 5.92 Å². The van der Waals surface area contributed by atoms with Gasteiger partial charge in [0, 0.05) is 0 Å². The Bertz CT molecular complexity index is 113. The van der Waals surface area contributed by atoms with Crippen LogP contribution in [0.4, 0.5) is 0 Å². The monoisotopic (exact) mass is 137 g/mol. The Morgan fingerprint density at radius 1 is 1.40 bits per heavy atom. The molecule has 0 aromatic carbocycles. The minimum atomic E-state index is 0.694. The Balaban J connectivity index is 2.39. The molecule has 0 spiro atoms. The van der Waals surface area contributed by atoms with Gasteiger partial charge in [0.1, 0.15) is 0 Å². The van der Waals surface area contributed by atoms with Crippen LogP contribution in [0.1, 0.15) is 32.6 Å². The van der Waals surface area contributed by atoms with Crippen LogP contribution in [0.25, 0.3) is 0 Å². The lowest BCUT2D eigenvalue weighted by molar-refractivity contribution is 0.421. The van der Waals surface area contributed by atoms with E-state index in [1.165, 1.54) is 25.7 Å². The molecule has 0 aromatic rings. The molecular formula is C10H17. The summed E-state index contributed by atoms with van der Waals surface area (Å²) in [6.07, 6.45) is 9.70. The van der Waals surface area contributed by atoms with Crippen LogP contribution in [0.3, 0.4) is 0 Å². The first-order chi connectivity index (χ1) is 4.79. The first-order valence-corrected chi connectivity index (χ1v) is 4.27. The fraction of sp³-hybridized carbons (Fsp3) is 0.700. The van der Waals surface area contributed by atoms with Crippen molar-refractivity contribution in [1.82, 2.24) is 0 Å². The Labute approximate surface area is 64.3 Å². The molecule has 0 saturated heterocycles. The highest BCUT2D eigenvalue weighted by Gasteiger charge is 2.08. The first kappa shape index (κ1) is 7.84. The van der Waals surface area contributed by atoms with E-state index in [4.69, 9.17) is 0 Å². The van der Waals surface area contributed by atoms with Crippen molar-refractivity contribution in [3.63, 3.8) is 0 Å². The van der Waals surface area contributed by atoms with Gasteiger partial charge in [-0.3, -0.25) is 0 Å². The summed E-state index contributed by atoms with van der Waals surface area (Å²) in [5, 5.41) is 0. The van der Waals surface area contributed by atoms with Crippen LogP contribution in [0.5, 0.6) is 0 Å². The summed E-state index contributed by atoms with van der Waals surface area (Å²) in [5.41, 5.74) is 0. The molecule has 1 aliphatic rings. The molecule has 0 amide bonds. The van der Waals surface area contributed by atoms with Crippen LogP contribution in [-0.2, 0) is 0 Å². The third kappa shape index (κ3) is 2.55. The topological polar surface area (TPSA) is 0 Å². The number of allylic oxidation sites excluding steroid dienone is 2. The molecule has 10 heavy (non-hydrogen) atoms. The first-order valence-electron chi connectivity index (χ1n) is 4.27. The summed E-state index contributed by atoms with van der Waals surface area (Å²) >= 11 is 0. The summed E-state index contributed by atoms with van der Waals surface area (Å²) < 4.78 is 0. The molecule has 0 N–H and O–H groups in total. The average Bonchev–Trinajstić information content (AvgIpc) is 1.83. The second-order valence-corrected chi connectivity index (χ2v) is 3.49. The van der Waals surface area contributed by atoms with Crippen LogP contribution in [0.15, 0.2) is 12.2 Å². The highest BCUT2D eigenvalue weighted by Crippen LogP contribution is 2.21. The van der Waals surface area contributed by atoms with Crippen molar-refractivity contribution in [2.24, 2.45) is 11.8 Å². The van der Waals surface area contributed by atoms with Crippen LogP contribution in [-0.4, -0.2) is 0 Å². The zero-order valence-electron chi connectivity index (χ0n) is 6.84. The van der Waals surface area contributed by atoms with Gasteiger partial charge in [-0.25, -0.2) is 0 Å². The third-order valence-corrected chi connectivity index (χ3v) is 2.18. The SMILES string of the molecule is [CH2]C1CC/C=C\CC(C)C1. The minimum absolute atomic E-state index is 0.694. The van der Waals surface area contributed by atoms with E-state index >= 15 is 0 Å². The average molecular weight is 137 g/mol. The standard InChI is InChI=1S/C10H17/c1-9-6-4-3-5-7-10(2)8-9/h3,5,9-10H,1,4,6-8H2,2H3/b5-3-. The quantitative estimate of drug-likeness (QED) is 0.450. The fourth-order valence-electron chi connectivity index (χ4n) is 1.56. The summed E-state index contributed by atoms with van der Waals surface area (Å²) in [6.45, 7) is 6.43. The summed E-state index contributed by atoms with van der Waals surface area (Å²) in [5.74, 6) is 1.54. The van der Waals surface area contributed by atoms with Crippen LogP contribution in [0, 0.1) is 18.8 Å². The second kappa shape index (κ2) is 3.80. The van der Waals surface area contributed by atoms with Crippen LogP contribution >= 0.6 is 0 Å². The highest BCUT2D eigenvalue weighted by atomic mass is 14.1. The Morgan fingerprint density at radius 2 is 2.20 bits per heavy atom. The highest BCUT2D eigenvalue weighted by molar-refractivity contribution is 4.87. The van der Waals surface area contributed by atoms with Crippen molar-refractivity contribution in [3.05, 3.63) is 19.1 Å². The number of hydrogen-bond donors (Lipinski definition) is 0. The van der Waals surface area contributed by atoms with Gasteiger partial charge in [0.05, 0.1) is 0 Å². The number of rotatable bonds is 0. The largest absolute Gasteiger partial charge is 0.0885 e. The van der Waals surface area contributed by atoms with Gasteiger partial charge in [-0.1, -0.05) is 26.0 Å². The van der Waals surface area contributed by atoms with Gasteiger partial charge < -0.3 is 0 Å².